The van der Waals surface area contributed by atoms with Crippen molar-refractivity contribution < 1.29 is 37.1 Å². The highest BCUT2D eigenvalue weighted by molar-refractivity contribution is 7.90. The first kappa shape index (κ1) is 45.2. The minimum Gasteiger partial charge on any atom is -0.453 e. The van der Waals surface area contributed by atoms with Crippen molar-refractivity contribution in [3.63, 3.8) is 0 Å². The van der Waals surface area contributed by atoms with Crippen LogP contribution in [-0.2, 0) is 35.5 Å². The van der Waals surface area contributed by atoms with Crippen molar-refractivity contribution in [2.24, 2.45) is 22.7 Å². The first-order chi connectivity index (χ1) is 31.7. The van der Waals surface area contributed by atoms with Crippen molar-refractivity contribution in [2.45, 2.75) is 120 Å². The number of sulfonamides is 1. The number of methoxy groups -OCH3 is 2. The van der Waals surface area contributed by atoms with Crippen LogP contribution in [0.1, 0.15) is 108 Å². The number of likely N-dealkylation sites (tertiary alicyclic amines) is 2. The van der Waals surface area contributed by atoms with E-state index in [1.807, 2.05) is 44.7 Å². The number of alkyl carbamates (subject to hydrolysis) is 2. The summed E-state index contributed by atoms with van der Waals surface area (Å²) in [6.07, 6.45) is 6.37. The number of amidine groups is 1. The third kappa shape index (κ3) is 8.17. The summed E-state index contributed by atoms with van der Waals surface area (Å²) in [6, 6.07) is 13.6. The van der Waals surface area contributed by atoms with Crippen LogP contribution in [-0.4, -0.2) is 103 Å². The lowest BCUT2D eigenvalue weighted by Gasteiger charge is -2.33. The van der Waals surface area contributed by atoms with Crippen molar-refractivity contribution in [2.75, 3.05) is 27.3 Å². The molecule has 0 bridgehead atoms. The molecule has 9 rings (SSSR count). The molecule has 3 aliphatic heterocycles. The highest BCUT2D eigenvalue weighted by Crippen LogP contribution is 2.54. The first-order valence-corrected chi connectivity index (χ1v) is 24.9. The summed E-state index contributed by atoms with van der Waals surface area (Å²) in [5, 5.41) is 5.41. The van der Waals surface area contributed by atoms with E-state index in [0.717, 1.165) is 77.6 Å². The second-order valence-electron chi connectivity index (χ2n) is 18.9. The number of aromatic nitrogens is 2. The van der Waals surface area contributed by atoms with Crippen molar-refractivity contribution in [3.8, 4) is 22.3 Å². The first-order valence-electron chi connectivity index (χ1n) is 23.4. The molecule has 4 aromatic rings. The highest BCUT2D eigenvalue weighted by atomic mass is 32.2. The minimum atomic E-state index is -4.06. The minimum absolute atomic E-state index is 0.0861. The van der Waals surface area contributed by atoms with Gasteiger partial charge in [0.15, 0.2) is 0 Å². The van der Waals surface area contributed by atoms with E-state index in [1.165, 1.54) is 25.3 Å². The quantitative estimate of drug-likeness (QED) is 0.118. The summed E-state index contributed by atoms with van der Waals surface area (Å²) in [5.41, 5.74) is 8.59. The zero-order chi connectivity index (χ0) is 46.6. The maximum Gasteiger partial charge on any atom is 0.407 e. The lowest BCUT2D eigenvalue weighted by molar-refractivity contribution is -0.135. The lowest BCUT2D eigenvalue weighted by Crippen LogP contribution is -2.56. The molecule has 7 atom stereocenters. The average Bonchev–Trinajstić information content (AvgIpc) is 4.17. The molecule has 17 heteroatoms. The maximum atomic E-state index is 14.1. The summed E-state index contributed by atoms with van der Waals surface area (Å²) in [5.74, 6) is 1.05. The van der Waals surface area contributed by atoms with Gasteiger partial charge in [-0.2, -0.15) is 0 Å². The summed E-state index contributed by atoms with van der Waals surface area (Å²) in [7, 11) is -1.52. The van der Waals surface area contributed by atoms with Gasteiger partial charge in [-0.3, -0.25) is 14.3 Å². The molecule has 3 fully saturated rings. The fraction of sp³-hybridized carbons (Fsp3) is 0.510. The standard InChI is InChI=1S/C49H60N8O8S/c1-7-27(4)43(54-49(61)65-6)47(59)57-22-10-14-39(57)45-51-36-20-16-30(25-40(36)66(62,63)55-45)31-17-18-33(41-32-12-8-11-28(32)23-34(31)41)29-15-19-35-37(24-29)52-44(50-35)38-13-9-21-56(38)46(58)42(26(2)3)53-48(60)64-5/h15-20,24-28,32,38-39,42-43H,7-14,21-23H2,1-6H3,(H,50,52)(H,51,55)(H,53,60)(H,54,61)/t27-,28?,32?,38-,39-,42-,43-/m0/s1. The number of aliphatic imine (C=N–C) groups is 1. The topological polar surface area (TPSA) is 204 Å². The molecular weight excluding hydrogens is 861 g/mol. The Balaban J connectivity index is 1.01. The average molecular weight is 921 g/mol. The van der Waals surface area contributed by atoms with Gasteiger partial charge in [0.2, 0.25) is 11.8 Å². The Morgan fingerprint density at radius 2 is 1.45 bits per heavy atom. The molecule has 16 nitrogen and oxygen atoms in total. The number of aromatic amines is 1. The van der Waals surface area contributed by atoms with E-state index in [-0.39, 0.29) is 40.4 Å². The van der Waals surface area contributed by atoms with Gasteiger partial charge >= 0.3 is 12.2 Å². The summed E-state index contributed by atoms with van der Waals surface area (Å²) < 4.78 is 40.6. The molecule has 0 spiro atoms. The number of carbonyl (C=O) groups is 4. The Hall–Kier alpha value is -5.97. The van der Waals surface area contributed by atoms with E-state index >= 15 is 0 Å². The van der Waals surface area contributed by atoms with Crippen molar-refractivity contribution in [1.29, 1.82) is 0 Å². The number of nitrogens with zero attached hydrogens (tertiary/aromatic N) is 4. The van der Waals surface area contributed by atoms with Gasteiger partial charge in [-0.25, -0.2) is 28.0 Å². The van der Waals surface area contributed by atoms with E-state index in [1.54, 1.807) is 17.0 Å². The zero-order valence-corrected chi connectivity index (χ0v) is 39.3. The van der Waals surface area contributed by atoms with Crippen LogP contribution in [0.25, 0.3) is 33.3 Å². The number of benzene rings is 3. The number of amides is 4. The predicted molar refractivity (Wildman–Crippen MR) is 250 cm³/mol. The van der Waals surface area contributed by atoms with Crippen molar-refractivity contribution in [3.05, 3.63) is 65.5 Å². The fourth-order valence-corrected chi connectivity index (χ4v) is 12.4. The number of fused-ring (bicyclic) bond motifs is 5. The van der Waals surface area contributed by atoms with Crippen LogP contribution in [0.2, 0.25) is 0 Å². The molecule has 66 heavy (non-hydrogen) atoms. The summed E-state index contributed by atoms with van der Waals surface area (Å²) in [6.45, 7) is 8.61. The molecule has 2 unspecified atom stereocenters. The lowest BCUT2D eigenvalue weighted by atomic mass is 9.86. The Labute approximate surface area is 385 Å². The number of hydrogen-bond donors (Lipinski definition) is 4. The van der Waals surface area contributed by atoms with Gasteiger partial charge in [-0.05, 0) is 126 Å². The molecule has 0 radical (unpaired) electrons. The Kier molecular flexibility index (Phi) is 12.3. The van der Waals surface area contributed by atoms with Crippen LogP contribution in [0.5, 0.6) is 0 Å². The van der Waals surface area contributed by atoms with Crippen LogP contribution in [0.4, 0.5) is 15.3 Å². The molecule has 350 valence electrons. The van der Waals surface area contributed by atoms with E-state index in [4.69, 9.17) is 19.5 Å². The third-order valence-electron chi connectivity index (χ3n) is 14.7. The molecule has 3 aromatic carbocycles. The van der Waals surface area contributed by atoms with Crippen LogP contribution in [0.15, 0.2) is 58.4 Å². The molecule has 1 aromatic heterocycles. The fourth-order valence-electron chi connectivity index (χ4n) is 11.1. The number of ether oxygens (including phenoxy) is 2. The summed E-state index contributed by atoms with van der Waals surface area (Å²) >= 11 is 0. The van der Waals surface area contributed by atoms with Crippen LogP contribution in [0, 0.1) is 17.8 Å². The molecule has 5 aliphatic rings. The highest BCUT2D eigenvalue weighted by Gasteiger charge is 2.43. The SMILES string of the molecule is CC[C@H](C)[C@H](NC(=O)OC)C(=O)N1CCC[C@H]1C1=Nc2ccc(-c3ccc(-c4ccc5nc([C@@H]6CCCN6C(=O)[C@@H](NC(=O)OC)C(C)C)[nH]c5c4)c4c3CC3CCCC43)cc2S(=O)(=O)N1. The smallest absolute Gasteiger partial charge is 0.407 e. The number of rotatable bonds is 11. The van der Waals surface area contributed by atoms with Crippen molar-refractivity contribution >= 4 is 56.6 Å². The number of nitrogens with one attached hydrogen (secondary N) is 4. The molecule has 2 aliphatic carbocycles. The largest absolute Gasteiger partial charge is 0.453 e. The number of H-pyrrole nitrogens is 1. The van der Waals surface area contributed by atoms with Gasteiger partial charge in [-0.1, -0.05) is 64.8 Å². The van der Waals surface area contributed by atoms with E-state index in [2.05, 4.69) is 44.6 Å². The summed E-state index contributed by atoms with van der Waals surface area (Å²) in [4.78, 5) is 69.0. The van der Waals surface area contributed by atoms with E-state index in [9.17, 15) is 27.6 Å². The van der Waals surface area contributed by atoms with Gasteiger partial charge in [0, 0.05) is 13.1 Å². The number of carbonyl (C=O) groups excluding carboxylic acids is 4. The van der Waals surface area contributed by atoms with Crippen molar-refractivity contribution in [1.82, 2.24) is 35.1 Å². The molecule has 2 saturated heterocycles. The second kappa shape index (κ2) is 18.0. The van der Waals surface area contributed by atoms with Gasteiger partial charge in [0.25, 0.3) is 10.0 Å². The van der Waals surface area contributed by atoms with Gasteiger partial charge in [0.05, 0.1) is 43.0 Å². The van der Waals surface area contributed by atoms with E-state index < -0.39 is 40.3 Å². The number of hydrogen-bond acceptors (Lipinski definition) is 10. The molecule has 4 heterocycles. The van der Waals surface area contributed by atoms with Crippen LogP contribution in [0.3, 0.4) is 0 Å². The molecule has 4 amide bonds. The predicted octanol–water partition coefficient (Wildman–Crippen LogP) is 7.46. The second-order valence-corrected chi connectivity index (χ2v) is 20.6. The Morgan fingerprint density at radius 1 is 0.803 bits per heavy atom. The maximum absolute atomic E-state index is 14.1. The Morgan fingerprint density at radius 3 is 2.17 bits per heavy atom. The van der Waals surface area contributed by atoms with Crippen LogP contribution < -0.4 is 15.4 Å². The van der Waals surface area contributed by atoms with E-state index in [0.29, 0.717) is 49.9 Å². The van der Waals surface area contributed by atoms with Crippen LogP contribution >= 0.6 is 0 Å². The van der Waals surface area contributed by atoms with Gasteiger partial charge in [-0.15, -0.1) is 0 Å². The monoisotopic (exact) mass is 920 g/mol. The van der Waals surface area contributed by atoms with Gasteiger partial charge < -0.3 is 34.9 Å². The Bertz CT molecular complexity index is 2730. The zero-order valence-electron chi connectivity index (χ0n) is 38.5. The number of imidazole rings is 1. The van der Waals surface area contributed by atoms with Gasteiger partial charge in [0.1, 0.15) is 28.6 Å². The molecular formula is C49H60N8O8S. The normalized spacial score (nSPS) is 23.0. The third-order valence-corrected chi connectivity index (χ3v) is 16.1. The molecule has 1 saturated carbocycles. The molecule has 4 N–H and O–H groups in total.